The number of carbonyl (C=O) groups is 1. The summed E-state index contributed by atoms with van der Waals surface area (Å²) in [7, 11) is 3.78. The van der Waals surface area contributed by atoms with Crippen molar-refractivity contribution >= 4 is 6.09 Å². The molecule has 1 aromatic heterocycles. The van der Waals surface area contributed by atoms with Gasteiger partial charge in [-0.25, -0.2) is 9.48 Å². The van der Waals surface area contributed by atoms with Gasteiger partial charge >= 0.3 is 6.09 Å². The van der Waals surface area contributed by atoms with Gasteiger partial charge in [0.1, 0.15) is 17.6 Å². The zero-order valence-electron chi connectivity index (χ0n) is 19.9. The van der Waals surface area contributed by atoms with E-state index in [1.807, 2.05) is 44.6 Å². The summed E-state index contributed by atoms with van der Waals surface area (Å²) in [5.74, 6) is 0.229. The Morgan fingerprint density at radius 1 is 1.22 bits per heavy atom. The minimum atomic E-state index is -0.508. The molecule has 8 nitrogen and oxygen atoms in total. The Morgan fingerprint density at radius 2 is 1.94 bits per heavy atom. The van der Waals surface area contributed by atoms with Crippen LogP contribution in [0.15, 0.2) is 30.5 Å². The molecule has 0 spiro atoms. The standard InChI is InChI=1S/C24H36N4O4/c1-24(2,3)32-23(30)27(5)14-13-26(4)16-19-17-28(21-8-6-7-15-31-21)25-22(19)18-9-11-20(29)12-10-18/h9-12,17,21,29H,6-8,13-16H2,1-5H3. The van der Waals surface area contributed by atoms with E-state index >= 15 is 0 Å². The number of benzene rings is 1. The highest BCUT2D eigenvalue weighted by Gasteiger charge is 2.22. The fourth-order valence-corrected chi connectivity index (χ4v) is 3.61. The van der Waals surface area contributed by atoms with Gasteiger partial charge in [0.25, 0.3) is 0 Å². The number of likely N-dealkylation sites (N-methyl/N-ethyl adjacent to an activating group) is 2. The molecule has 1 fully saturated rings. The molecule has 1 saturated heterocycles. The summed E-state index contributed by atoms with van der Waals surface area (Å²) < 4.78 is 13.3. The van der Waals surface area contributed by atoms with Crippen LogP contribution in [-0.4, -0.2) is 70.2 Å². The Balaban J connectivity index is 1.70. The number of phenolic OH excluding ortho intramolecular Hbond substituents is 1. The van der Waals surface area contributed by atoms with Gasteiger partial charge in [-0.15, -0.1) is 0 Å². The van der Waals surface area contributed by atoms with Crippen molar-refractivity contribution in [2.75, 3.05) is 33.8 Å². The fraction of sp³-hybridized carbons (Fsp3) is 0.583. The molecule has 176 valence electrons. The molecule has 1 unspecified atom stereocenters. The number of nitrogens with zero attached hydrogens (tertiary/aromatic N) is 4. The molecule has 0 aliphatic carbocycles. The average molecular weight is 445 g/mol. The third-order valence-electron chi connectivity index (χ3n) is 5.36. The largest absolute Gasteiger partial charge is 0.508 e. The second kappa shape index (κ2) is 10.4. The van der Waals surface area contributed by atoms with Crippen LogP contribution in [0.3, 0.4) is 0 Å². The first kappa shape index (κ1) is 24.1. The molecule has 3 rings (SSSR count). The molecule has 1 aliphatic rings. The summed E-state index contributed by atoms with van der Waals surface area (Å²) in [4.78, 5) is 16.0. The minimum Gasteiger partial charge on any atom is -0.508 e. The summed E-state index contributed by atoms with van der Waals surface area (Å²) in [5, 5.41) is 14.5. The number of aromatic hydroxyl groups is 1. The minimum absolute atomic E-state index is 0.0445. The van der Waals surface area contributed by atoms with Crippen LogP contribution in [0.4, 0.5) is 4.79 Å². The lowest BCUT2D eigenvalue weighted by Crippen LogP contribution is -2.38. The highest BCUT2D eigenvalue weighted by Crippen LogP contribution is 2.29. The number of carbonyl (C=O) groups excluding carboxylic acids is 1. The number of amides is 1. The highest BCUT2D eigenvalue weighted by atomic mass is 16.6. The first-order valence-corrected chi connectivity index (χ1v) is 11.2. The predicted molar refractivity (Wildman–Crippen MR) is 123 cm³/mol. The first-order valence-electron chi connectivity index (χ1n) is 11.2. The van der Waals surface area contributed by atoms with Crippen LogP contribution in [0.5, 0.6) is 5.75 Å². The predicted octanol–water partition coefficient (Wildman–Crippen LogP) is 4.25. The molecule has 1 amide bonds. The summed E-state index contributed by atoms with van der Waals surface area (Å²) in [6.07, 6.45) is 4.86. The Labute approximate surface area is 190 Å². The van der Waals surface area contributed by atoms with Crippen molar-refractivity contribution in [3.05, 3.63) is 36.0 Å². The second-order valence-corrected chi connectivity index (χ2v) is 9.49. The van der Waals surface area contributed by atoms with Gasteiger partial charge in [-0.1, -0.05) is 0 Å². The second-order valence-electron chi connectivity index (χ2n) is 9.49. The SMILES string of the molecule is CN(CCN(C)C(=O)OC(C)(C)C)Cc1cn(C2CCCCO2)nc1-c1ccc(O)cc1. The van der Waals surface area contributed by atoms with E-state index < -0.39 is 5.60 Å². The normalized spacial score (nSPS) is 16.9. The van der Waals surface area contributed by atoms with E-state index in [2.05, 4.69) is 11.1 Å². The molecule has 2 heterocycles. The first-order chi connectivity index (χ1) is 15.1. The Hall–Kier alpha value is -2.58. The lowest BCUT2D eigenvalue weighted by molar-refractivity contribution is -0.0394. The quantitative estimate of drug-likeness (QED) is 0.688. The summed E-state index contributed by atoms with van der Waals surface area (Å²) in [5.41, 5.74) is 2.40. The van der Waals surface area contributed by atoms with Crippen LogP contribution in [0.2, 0.25) is 0 Å². The number of rotatable bonds is 7. The maximum atomic E-state index is 12.2. The van der Waals surface area contributed by atoms with Crippen LogP contribution in [0.25, 0.3) is 11.3 Å². The maximum Gasteiger partial charge on any atom is 0.410 e. The van der Waals surface area contributed by atoms with E-state index in [0.717, 1.165) is 42.7 Å². The van der Waals surface area contributed by atoms with Gasteiger partial charge in [0.2, 0.25) is 0 Å². The third-order valence-corrected chi connectivity index (χ3v) is 5.36. The number of hydrogen-bond donors (Lipinski definition) is 1. The van der Waals surface area contributed by atoms with Gasteiger partial charge < -0.3 is 24.4 Å². The van der Waals surface area contributed by atoms with Gasteiger partial charge in [-0.3, -0.25) is 0 Å². The van der Waals surface area contributed by atoms with E-state index in [0.29, 0.717) is 19.6 Å². The Morgan fingerprint density at radius 3 is 2.56 bits per heavy atom. The van der Waals surface area contributed by atoms with E-state index in [1.54, 1.807) is 24.1 Å². The molecule has 1 atom stereocenters. The summed E-state index contributed by atoms with van der Waals surface area (Å²) >= 11 is 0. The summed E-state index contributed by atoms with van der Waals surface area (Å²) in [6.45, 7) is 8.27. The lowest BCUT2D eigenvalue weighted by atomic mass is 10.1. The van der Waals surface area contributed by atoms with Crippen LogP contribution in [-0.2, 0) is 16.0 Å². The number of phenols is 1. The maximum absolute atomic E-state index is 12.2. The van der Waals surface area contributed by atoms with Crippen molar-refractivity contribution in [1.82, 2.24) is 19.6 Å². The van der Waals surface area contributed by atoms with Crippen LogP contribution >= 0.6 is 0 Å². The van der Waals surface area contributed by atoms with Crippen molar-refractivity contribution in [3.8, 4) is 17.0 Å². The Kier molecular flexibility index (Phi) is 7.79. The fourth-order valence-electron chi connectivity index (χ4n) is 3.61. The van der Waals surface area contributed by atoms with Crippen LogP contribution in [0, 0.1) is 0 Å². The van der Waals surface area contributed by atoms with E-state index in [4.69, 9.17) is 14.6 Å². The van der Waals surface area contributed by atoms with Gasteiger partial charge in [-0.2, -0.15) is 5.10 Å². The summed E-state index contributed by atoms with van der Waals surface area (Å²) in [6, 6.07) is 7.11. The van der Waals surface area contributed by atoms with Gasteiger partial charge in [0.15, 0.2) is 0 Å². The number of hydrogen-bond acceptors (Lipinski definition) is 6. The van der Waals surface area contributed by atoms with Crippen LogP contribution in [0.1, 0.15) is 51.8 Å². The zero-order valence-corrected chi connectivity index (χ0v) is 19.9. The van der Waals surface area contributed by atoms with Gasteiger partial charge in [-0.05, 0) is 71.3 Å². The lowest BCUT2D eigenvalue weighted by Gasteiger charge is -2.26. The average Bonchev–Trinajstić information content (AvgIpc) is 3.15. The molecule has 2 aromatic rings. The molecular formula is C24H36N4O4. The molecule has 8 heteroatoms. The van der Waals surface area contributed by atoms with E-state index in [9.17, 15) is 9.90 Å². The van der Waals surface area contributed by atoms with E-state index in [-0.39, 0.29) is 18.1 Å². The van der Waals surface area contributed by atoms with Gasteiger partial charge in [0, 0.05) is 50.6 Å². The van der Waals surface area contributed by atoms with Gasteiger partial charge in [0.05, 0.1) is 5.69 Å². The molecular weight excluding hydrogens is 408 g/mol. The van der Waals surface area contributed by atoms with Crippen molar-refractivity contribution in [3.63, 3.8) is 0 Å². The molecule has 0 saturated carbocycles. The Bertz CT molecular complexity index is 882. The van der Waals surface area contributed by atoms with Crippen molar-refractivity contribution < 1.29 is 19.4 Å². The molecule has 0 radical (unpaired) electrons. The van der Waals surface area contributed by atoms with Crippen molar-refractivity contribution in [2.24, 2.45) is 0 Å². The zero-order chi connectivity index (χ0) is 23.3. The smallest absolute Gasteiger partial charge is 0.410 e. The number of aromatic nitrogens is 2. The molecule has 1 N–H and O–H groups in total. The highest BCUT2D eigenvalue weighted by molar-refractivity contribution is 5.67. The molecule has 32 heavy (non-hydrogen) atoms. The van der Waals surface area contributed by atoms with Crippen molar-refractivity contribution in [1.29, 1.82) is 0 Å². The van der Waals surface area contributed by atoms with E-state index in [1.165, 1.54) is 0 Å². The number of ether oxygens (including phenoxy) is 2. The molecule has 1 aliphatic heterocycles. The molecule has 0 bridgehead atoms. The molecule has 1 aromatic carbocycles. The van der Waals surface area contributed by atoms with Crippen molar-refractivity contribution in [2.45, 2.75) is 58.4 Å². The third kappa shape index (κ3) is 6.71. The monoisotopic (exact) mass is 444 g/mol. The topological polar surface area (TPSA) is 80.1 Å². The van der Waals surface area contributed by atoms with Crippen LogP contribution < -0.4 is 0 Å².